The molecule has 2 aromatic heterocycles. The molecule has 3 heterocycles. The van der Waals surface area contributed by atoms with E-state index in [0.29, 0.717) is 11.9 Å². The Morgan fingerprint density at radius 2 is 1.92 bits per heavy atom. The zero-order valence-corrected chi connectivity index (χ0v) is 15.0. The summed E-state index contributed by atoms with van der Waals surface area (Å²) in [6.45, 7) is 0. The van der Waals surface area contributed by atoms with Crippen molar-refractivity contribution >= 4 is 22.6 Å². The van der Waals surface area contributed by atoms with Crippen molar-refractivity contribution in [1.29, 1.82) is 0 Å². The molecular weight excluding hydrogens is 342 g/mol. The number of hydrogen-bond acceptors (Lipinski definition) is 2. The zero-order valence-electron chi connectivity index (χ0n) is 14.3. The topological polar surface area (TPSA) is 30.7 Å². The van der Waals surface area contributed by atoms with Gasteiger partial charge in [-0.2, -0.15) is 0 Å². The highest BCUT2D eigenvalue weighted by Gasteiger charge is 2.27. The third kappa shape index (κ3) is 2.43. The van der Waals surface area contributed by atoms with Crippen molar-refractivity contribution in [3.05, 3.63) is 83.9 Å². The summed E-state index contributed by atoms with van der Waals surface area (Å²) in [5.74, 6) is 1.58. The van der Waals surface area contributed by atoms with Gasteiger partial charge in [-0.1, -0.05) is 42.5 Å². The molecule has 0 N–H and O–H groups in total. The fraction of sp³-hybridized carbons (Fsp3) is 0.182. The molecule has 1 aliphatic heterocycles. The van der Waals surface area contributed by atoms with Crippen LogP contribution in [0.4, 0.5) is 0 Å². The van der Waals surface area contributed by atoms with Gasteiger partial charge in [0.15, 0.2) is 0 Å². The number of imidazole rings is 1. The Bertz CT molecular complexity index is 1090. The van der Waals surface area contributed by atoms with Gasteiger partial charge < -0.3 is 4.57 Å². The quantitative estimate of drug-likeness (QED) is 0.460. The molecular formula is C22H18ClN3. The normalized spacial score (nSPS) is 16.1. The van der Waals surface area contributed by atoms with Crippen molar-refractivity contribution in [3.63, 3.8) is 0 Å². The Labute approximate surface area is 157 Å². The summed E-state index contributed by atoms with van der Waals surface area (Å²) in [5.41, 5.74) is 6.74. The molecule has 1 atom stereocenters. The van der Waals surface area contributed by atoms with Gasteiger partial charge in [0.1, 0.15) is 5.82 Å². The number of rotatable bonds is 3. The molecule has 3 nitrogen and oxygen atoms in total. The minimum atomic E-state index is 0.354. The van der Waals surface area contributed by atoms with E-state index >= 15 is 0 Å². The summed E-state index contributed by atoms with van der Waals surface area (Å²) >= 11 is 6.10. The first-order valence-electron chi connectivity index (χ1n) is 8.91. The van der Waals surface area contributed by atoms with Gasteiger partial charge in [0.2, 0.25) is 0 Å². The number of nitrogens with zero attached hydrogens (tertiary/aromatic N) is 3. The van der Waals surface area contributed by atoms with E-state index in [4.69, 9.17) is 16.6 Å². The minimum Gasteiger partial charge on any atom is -0.320 e. The second-order valence-electron chi connectivity index (χ2n) is 6.70. The third-order valence-corrected chi connectivity index (χ3v) is 5.48. The molecule has 0 bridgehead atoms. The number of fused-ring (bicyclic) bond motifs is 3. The first kappa shape index (κ1) is 15.6. The molecule has 1 aliphatic rings. The van der Waals surface area contributed by atoms with Gasteiger partial charge in [-0.3, -0.25) is 4.98 Å². The largest absolute Gasteiger partial charge is 0.320 e. The highest BCUT2D eigenvalue weighted by Crippen LogP contribution is 2.37. The molecule has 0 unspecified atom stereocenters. The summed E-state index contributed by atoms with van der Waals surface area (Å²) in [4.78, 5) is 9.29. The van der Waals surface area contributed by atoms with Gasteiger partial charge in [-0.15, -0.1) is 11.6 Å². The van der Waals surface area contributed by atoms with E-state index in [0.717, 1.165) is 35.2 Å². The summed E-state index contributed by atoms with van der Waals surface area (Å²) in [7, 11) is 0. The lowest BCUT2D eigenvalue weighted by atomic mass is 10.0. The molecule has 4 heteroatoms. The lowest BCUT2D eigenvalue weighted by Crippen LogP contribution is -2.05. The van der Waals surface area contributed by atoms with Gasteiger partial charge in [0, 0.05) is 18.2 Å². The summed E-state index contributed by atoms with van der Waals surface area (Å²) < 4.78 is 2.41. The number of aryl methyl sites for hydroxylation is 1. The standard InChI is InChI=1S/C22H18ClN3/c23-14-19-17(7-4-12-24-19)16-8-9-18-21(13-16)26-20(10-11-22(26)25-18)15-5-2-1-3-6-15/h1-9,12-13,20H,10-11,14H2/t20-/m0/s1. The SMILES string of the molecule is ClCc1ncccc1-c1ccc2nc3n(c2c1)[C@H](c1ccccc1)CC3. The van der Waals surface area contributed by atoms with Gasteiger partial charge in [-0.25, -0.2) is 4.98 Å². The van der Waals surface area contributed by atoms with E-state index in [-0.39, 0.29) is 0 Å². The van der Waals surface area contributed by atoms with E-state index in [2.05, 4.69) is 64.1 Å². The molecule has 0 radical (unpaired) electrons. The first-order chi connectivity index (χ1) is 12.8. The predicted octanol–water partition coefficient (Wildman–Crippen LogP) is 5.37. The van der Waals surface area contributed by atoms with Gasteiger partial charge in [-0.05, 0) is 35.7 Å². The molecule has 0 saturated carbocycles. The van der Waals surface area contributed by atoms with Crippen LogP contribution in [0.2, 0.25) is 0 Å². The van der Waals surface area contributed by atoms with Crippen LogP contribution < -0.4 is 0 Å². The van der Waals surface area contributed by atoms with Crippen LogP contribution in [0.15, 0.2) is 66.9 Å². The average Bonchev–Trinajstić information content (AvgIpc) is 3.27. The summed E-state index contributed by atoms with van der Waals surface area (Å²) in [5, 5.41) is 0. The van der Waals surface area contributed by atoms with E-state index in [1.54, 1.807) is 6.20 Å². The van der Waals surface area contributed by atoms with Crippen LogP contribution in [0.25, 0.3) is 22.2 Å². The molecule has 0 fully saturated rings. The number of hydrogen-bond donors (Lipinski definition) is 0. The van der Waals surface area contributed by atoms with Crippen LogP contribution in [0, 0.1) is 0 Å². The number of alkyl halides is 1. The Kier molecular flexibility index (Phi) is 3.75. The first-order valence-corrected chi connectivity index (χ1v) is 9.44. The monoisotopic (exact) mass is 359 g/mol. The van der Waals surface area contributed by atoms with Gasteiger partial charge >= 0.3 is 0 Å². The third-order valence-electron chi connectivity index (χ3n) is 5.23. The Hall–Kier alpha value is -2.65. The maximum absolute atomic E-state index is 6.10. The fourth-order valence-electron chi connectivity index (χ4n) is 4.03. The number of halogens is 1. The summed E-state index contributed by atoms with van der Waals surface area (Å²) in [6.07, 6.45) is 3.91. The Morgan fingerprint density at radius 1 is 1.04 bits per heavy atom. The maximum Gasteiger partial charge on any atom is 0.110 e. The Morgan fingerprint density at radius 3 is 2.77 bits per heavy atom. The van der Waals surface area contributed by atoms with E-state index in [1.165, 1.54) is 16.9 Å². The average molecular weight is 360 g/mol. The molecule has 5 rings (SSSR count). The van der Waals surface area contributed by atoms with Crippen molar-refractivity contribution in [2.45, 2.75) is 24.8 Å². The van der Waals surface area contributed by atoms with Crippen LogP contribution >= 0.6 is 11.6 Å². The van der Waals surface area contributed by atoms with Crippen molar-refractivity contribution in [2.24, 2.45) is 0 Å². The van der Waals surface area contributed by atoms with Crippen molar-refractivity contribution < 1.29 is 0 Å². The van der Waals surface area contributed by atoms with Gasteiger partial charge in [0.05, 0.1) is 28.6 Å². The molecule has 0 aliphatic carbocycles. The summed E-state index contributed by atoms with van der Waals surface area (Å²) in [6, 6.07) is 21.6. The minimum absolute atomic E-state index is 0.354. The van der Waals surface area contributed by atoms with Crippen molar-refractivity contribution in [2.75, 3.05) is 0 Å². The smallest absolute Gasteiger partial charge is 0.110 e. The van der Waals surface area contributed by atoms with Crippen LogP contribution in [0.1, 0.15) is 29.5 Å². The Balaban J connectivity index is 1.68. The zero-order chi connectivity index (χ0) is 17.5. The lowest BCUT2D eigenvalue weighted by Gasteiger charge is -2.15. The molecule has 0 spiro atoms. The number of benzene rings is 2. The number of pyridine rings is 1. The molecule has 0 saturated heterocycles. The highest BCUT2D eigenvalue weighted by atomic mass is 35.5. The van der Waals surface area contributed by atoms with Gasteiger partial charge in [0.25, 0.3) is 0 Å². The second kappa shape index (κ2) is 6.26. The fourth-order valence-corrected chi connectivity index (χ4v) is 4.24. The number of aromatic nitrogens is 3. The second-order valence-corrected chi connectivity index (χ2v) is 6.97. The van der Waals surface area contributed by atoms with E-state index in [1.807, 2.05) is 6.07 Å². The lowest BCUT2D eigenvalue weighted by molar-refractivity contribution is 0.637. The van der Waals surface area contributed by atoms with Crippen LogP contribution in [0.3, 0.4) is 0 Å². The van der Waals surface area contributed by atoms with Crippen LogP contribution in [-0.2, 0) is 12.3 Å². The van der Waals surface area contributed by atoms with E-state index in [9.17, 15) is 0 Å². The van der Waals surface area contributed by atoms with Crippen LogP contribution in [-0.4, -0.2) is 14.5 Å². The maximum atomic E-state index is 6.10. The van der Waals surface area contributed by atoms with E-state index < -0.39 is 0 Å². The highest BCUT2D eigenvalue weighted by molar-refractivity contribution is 6.17. The molecule has 0 amide bonds. The molecule has 2 aromatic carbocycles. The van der Waals surface area contributed by atoms with Crippen LogP contribution in [0.5, 0.6) is 0 Å². The predicted molar refractivity (Wildman–Crippen MR) is 105 cm³/mol. The molecule has 4 aromatic rings. The molecule has 128 valence electrons. The van der Waals surface area contributed by atoms with Crippen molar-refractivity contribution in [1.82, 2.24) is 14.5 Å². The molecule has 26 heavy (non-hydrogen) atoms. The van der Waals surface area contributed by atoms with Crippen molar-refractivity contribution in [3.8, 4) is 11.1 Å².